The molecule has 1 aliphatic heterocycles. The summed E-state index contributed by atoms with van der Waals surface area (Å²) in [6.45, 7) is 1.03. The van der Waals surface area contributed by atoms with Crippen LogP contribution in [-0.2, 0) is 0 Å². The van der Waals surface area contributed by atoms with E-state index in [9.17, 15) is 15.0 Å². The highest BCUT2D eigenvalue weighted by atomic mass is 79.9. The summed E-state index contributed by atoms with van der Waals surface area (Å²) in [4.78, 5) is 13.7. The van der Waals surface area contributed by atoms with E-state index < -0.39 is 6.10 Å². The lowest BCUT2D eigenvalue weighted by molar-refractivity contribution is 0.0473. The van der Waals surface area contributed by atoms with Crippen molar-refractivity contribution in [3.05, 3.63) is 28.2 Å². The van der Waals surface area contributed by atoms with Crippen LogP contribution < -0.4 is 0 Å². The van der Waals surface area contributed by atoms with Gasteiger partial charge in [0.25, 0.3) is 5.91 Å². The second-order valence-electron chi connectivity index (χ2n) is 4.21. The molecule has 1 aromatic carbocycles. The van der Waals surface area contributed by atoms with Crippen molar-refractivity contribution in [2.24, 2.45) is 0 Å². The molecule has 17 heavy (non-hydrogen) atoms. The Morgan fingerprint density at radius 3 is 2.88 bits per heavy atom. The maximum Gasteiger partial charge on any atom is 0.254 e. The molecule has 2 rings (SSSR count). The van der Waals surface area contributed by atoms with Crippen molar-refractivity contribution in [2.75, 3.05) is 13.1 Å². The minimum atomic E-state index is -0.434. The molecule has 0 aromatic heterocycles. The third-order valence-electron chi connectivity index (χ3n) is 2.88. The van der Waals surface area contributed by atoms with E-state index in [1.807, 2.05) is 0 Å². The molecule has 4 nitrogen and oxygen atoms in total. The van der Waals surface area contributed by atoms with E-state index in [0.717, 1.165) is 12.8 Å². The van der Waals surface area contributed by atoms with Crippen LogP contribution in [0.5, 0.6) is 5.75 Å². The maximum absolute atomic E-state index is 12.1. The first kappa shape index (κ1) is 12.4. The number of aliphatic hydroxyl groups excluding tert-OH is 1. The van der Waals surface area contributed by atoms with Gasteiger partial charge in [0.05, 0.1) is 10.6 Å². The number of benzene rings is 1. The number of carbonyl (C=O) groups excluding carboxylic acids is 1. The highest BCUT2D eigenvalue weighted by Gasteiger charge is 2.23. The summed E-state index contributed by atoms with van der Waals surface area (Å²) in [6.07, 6.45) is 1.13. The number of β-amino-alcohol motifs (C(OH)–C–C–N with tert-alkyl or cyclic N) is 1. The fraction of sp³-hybridized carbons (Fsp3) is 0.417. The first-order valence-corrected chi connectivity index (χ1v) is 6.33. The summed E-state index contributed by atoms with van der Waals surface area (Å²) in [6, 6.07) is 4.74. The number of halogens is 1. The zero-order valence-corrected chi connectivity index (χ0v) is 10.9. The molecule has 0 radical (unpaired) electrons. The van der Waals surface area contributed by atoms with Crippen molar-refractivity contribution in [1.82, 2.24) is 4.90 Å². The van der Waals surface area contributed by atoms with Gasteiger partial charge in [-0.2, -0.15) is 0 Å². The van der Waals surface area contributed by atoms with Gasteiger partial charge in [0.2, 0.25) is 0 Å². The van der Waals surface area contributed by atoms with Crippen LogP contribution in [0.25, 0.3) is 0 Å². The molecule has 0 bridgehead atoms. The zero-order chi connectivity index (χ0) is 12.4. The maximum atomic E-state index is 12.1. The zero-order valence-electron chi connectivity index (χ0n) is 9.27. The second kappa shape index (κ2) is 5.06. The van der Waals surface area contributed by atoms with Gasteiger partial charge in [-0.15, -0.1) is 0 Å². The third kappa shape index (κ3) is 2.79. The molecule has 1 aromatic rings. The number of piperidine rings is 1. The number of phenols is 1. The van der Waals surface area contributed by atoms with E-state index in [0.29, 0.717) is 23.1 Å². The fourth-order valence-corrected chi connectivity index (χ4v) is 2.21. The Balaban J connectivity index is 2.15. The Bertz CT molecular complexity index is 436. The normalized spacial score (nSPS) is 20.4. The molecule has 2 N–H and O–H groups in total. The lowest BCUT2D eigenvalue weighted by Gasteiger charge is -2.30. The average molecular weight is 300 g/mol. The topological polar surface area (TPSA) is 60.8 Å². The monoisotopic (exact) mass is 299 g/mol. The molecular weight excluding hydrogens is 286 g/mol. The molecule has 1 unspecified atom stereocenters. The van der Waals surface area contributed by atoms with Crippen LogP contribution in [0, 0.1) is 0 Å². The molecule has 0 saturated carbocycles. The van der Waals surface area contributed by atoms with Gasteiger partial charge in [-0.05, 0) is 47.0 Å². The smallest absolute Gasteiger partial charge is 0.254 e. The Morgan fingerprint density at radius 2 is 2.24 bits per heavy atom. The molecule has 0 spiro atoms. The average Bonchev–Trinajstić information content (AvgIpc) is 2.32. The van der Waals surface area contributed by atoms with Crippen molar-refractivity contribution in [3.63, 3.8) is 0 Å². The van der Waals surface area contributed by atoms with E-state index in [-0.39, 0.29) is 11.7 Å². The number of carbonyl (C=O) groups is 1. The molecule has 1 saturated heterocycles. The van der Waals surface area contributed by atoms with E-state index in [1.54, 1.807) is 17.0 Å². The summed E-state index contributed by atoms with van der Waals surface area (Å²) < 4.78 is 0.563. The van der Waals surface area contributed by atoms with Crippen LogP contribution >= 0.6 is 15.9 Å². The molecule has 92 valence electrons. The quantitative estimate of drug-likeness (QED) is 0.830. The lowest BCUT2D eigenvalue weighted by Crippen LogP contribution is -2.42. The van der Waals surface area contributed by atoms with E-state index in [1.165, 1.54) is 6.07 Å². The molecule has 0 aliphatic carbocycles. The second-order valence-corrected chi connectivity index (χ2v) is 5.07. The molecule has 1 aliphatic rings. The number of rotatable bonds is 1. The van der Waals surface area contributed by atoms with Crippen LogP contribution in [0.2, 0.25) is 0 Å². The fourth-order valence-electron chi connectivity index (χ4n) is 1.97. The van der Waals surface area contributed by atoms with Gasteiger partial charge in [0, 0.05) is 18.7 Å². The third-order valence-corrected chi connectivity index (χ3v) is 3.55. The van der Waals surface area contributed by atoms with Crippen molar-refractivity contribution in [2.45, 2.75) is 18.9 Å². The number of amides is 1. The number of hydrogen-bond acceptors (Lipinski definition) is 3. The molecule has 1 amide bonds. The van der Waals surface area contributed by atoms with Gasteiger partial charge in [-0.3, -0.25) is 4.79 Å². The standard InChI is InChI=1S/C12H14BrNO3/c13-10-4-3-8(6-11(10)16)12(17)14-5-1-2-9(15)7-14/h3-4,6,9,15-16H,1-2,5,7H2. The Kier molecular flexibility index (Phi) is 3.69. The molecule has 1 atom stereocenters. The number of likely N-dealkylation sites (tertiary alicyclic amines) is 1. The molecule has 1 fully saturated rings. The molecule has 1 heterocycles. The summed E-state index contributed by atoms with van der Waals surface area (Å²) in [5, 5.41) is 19.1. The van der Waals surface area contributed by atoms with Gasteiger partial charge in [0.1, 0.15) is 5.75 Å². The van der Waals surface area contributed by atoms with Gasteiger partial charge >= 0.3 is 0 Å². The van der Waals surface area contributed by atoms with Crippen molar-refractivity contribution >= 4 is 21.8 Å². The number of nitrogens with zero attached hydrogens (tertiary/aromatic N) is 1. The largest absolute Gasteiger partial charge is 0.507 e. The van der Waals surface area contributed by atoms with Gasteiger partial charge in [0.15, 0.2) is 0 Å². The Morgan fingerprint density at radius 1 is 1.47 bits per heavy atom. The van der Waals surface area contributed by atoms with Crippen molar-refractivity contribution < 1.29 is 15.0 Å². The summed E-state index contributed by atoms with van der Waals surface area (Å²) >= 11 is 3.17. The highest BCUT2D eigenvalue weighted by molar-refractivity contribution is 9.10. The predicted octanol–water partition coefficient (Wildman–Crippen LogP) is 1.75. The molecular formula is C12H14BrNO3. The van der Waals surface area contributed by atoms with E-state index >= 15 is 0 Å². The van der Waals surface area contributed by atoms with Gasteiger partial charge in [-0.1, -0.05) is 0 Å². The minimum Gasteiger partial charge on any atom is -0.507 e. The first-order valence-electron chi connectivity index (χ1n) is 5.54. The number of hydrogen-bond donors (Lipinski definition) is 2. The van der Waals surface area contributed by atoms with Crippen LogP contribution in [0.3, 0.4) is 0 Å². The Hall–Kier alpha value is -1.07. The van der Waals surface area contributed by atoms with Crippen LogP contribution in [0.1, 0.15) is 23.2 Å². The number of aliphatic hydroxyl groups is 1. The van der Waals surface area contributed by atoms with Gasteiger partial charge < -0.3 is 15.1 Å². The summed E-state index contributed by atoms with van der Waals surface area (Å²) in [7, 11) is 0. The van der Waals surface area contributed by atoms with Gasteiger partial charge in [-0.25, -0.2) is 0 Å². The van der Waals surface area contributed by atoms with E-state index in [4.69, 9.17) is 0 Å². The minimum absolute atomic E-state index is 0.0495. The highest BCUT2D eigenvalue weighted by Crippen LogP contribution is 2.25. The first-order chi connectivity index (χ1) is 8.08. The van der Waals surface area contributed by atoms with Crippen LogP contribution in [0.4, 0.5) is 0 Å². The van der Waals surface area contributed by atoms with Crippen molar-refractivity contribution in [1.29, 1.82) is 0 Å². The van der Waals surface area contributed by atoms with Crippen molar-refractivity contribution in [3.8, 4) is 5.75 Å². The van der Waals surface area contributed by atoms with Crippen LogP contribution in [-0.4, -0.2) is 40.2 Å². The predicted molar refractivity (Wildman–Crippen MR) is 67.0 cm³/mol. The lowest BCUT2D eigenvalue weighted by atomic mass is 10.1. The number of aromatic hydroxyl groups is 1. The molecule has 5 heteroatoms. The number of phenolic OH excluding ortho intramolecular Hbond substituents is 1. The summed E-state index contributed by atoms with van der Waals surface area (Å²) in [5.74, 6) is -0.0973. The SMILES string of the molecule is O=C(c1ccc(Br)c(O)c1)N1CCCC(O)C1. The van der Waals surface area contributed by atoms with Crippen LogP contribution in [0.15, 0.2) is 22.7 Å². The summed E-state index contributed by atoms with van der Waals surface area (Å²) in [5.41, 5.74) is 0.444. The Labute approximate surface area is 108 Å². The van der Waals surface area contributed by atoms with E-state index in [2.05, 4.69) is 15.9 Å².